The zero-order valence-corrected chi connectivity index (χ0v) is 19.8. The van der Waals surface area contributed by atoms with E-state index in [1.54, 1.807) is 13.8 Å². The summed E-state index contributed by atoms with van der Waals surface area (Å²) in [5.41, 5.74) is 1.50. The van der Waals surface area contributed by atoms with Gasteiger partial charge in [0.25, 0.3) is 5.91 Å². The molecule has 2 heterocycles. The van der Waals surface area contributed by atoms with Crippen LogP contribution in [-0.4, -0.2) is 34.3 Å². The van der Waals surface area contributed by atoms with Crippen molar-refractivity contribution >= 4 is 28.3 Å². The van der Waals surface area contributed by atoms with Crippen LogP contribution in [0.25, 0.3) is 0 Å². The lowest BCUT2D eigenvalue weighted by Crippen LogP contribution is -2.47. The first-order chi connectivity index (χ1) is 16.3. The molecule has 34 heavy (non-hydrogen) atoms. The van der Waals surface area contributed by atoms with Crippen LogP contribution in [0.2, 0.25) is 0 Å². The Kier molecular flexibility index (Phi) is 7.33. The molecular weight excluding hydrogens is 458 g/mol. The van der Waals surface area contributed by atoms with E-state index in [4.69, 9.17) is 0 Å². The van der Waals surface area contributed by atoms with E-state index in [1.807, 2.05) is 18.2 Å². The second-order valence-electron chi connectivity index (χ2n) is 8.62. The van der Waals surface area contributed by atoms with Crippen molar-refractivity contribution in [2.24, 2.45) is 5.92 Å². The fourth-order valence-corrected chi connectivity index (χ4v) is 4.98. The summed E-state index contributed by atoms with van der Waals surface area (Å²) in [7, 11) is 0. The number of hydrogen-bond donors (Lipinski definition) is 2. The Hall–Kier alpha value is -3.17. The number of nitrogens with one attached hydrogen (secondary N) is 2. The normalized spacial score (nSPS) is 14.5. The molecule has 0 saturated carbocycles. The summed E-state index contributed by atoms with van der Waals surface area (Å²) < 4.78 is 28.0. The molecule has 9 heteroatoms. The fraction of sp³-hybridized carbons (Fsp3) is 0.320. The minimum Gasteiger partial charge on any atom is -0.340 e. The minimum absolute atomic E-state index is 0.310. The second kappa shape index (κ2) is 10.4. The standard InChI is InChI=1S/C25H26F2N4O2S/c1-15(2)22(29-23(32)21-17(26)9-6-10-18(21)27)24(33)30-25-28-19-11-12-31(14-20(19)34-25)13-16-7-4-3-5-8-16/h3-10,15,22H,11-14H2,1-2H3,(H,29,32)(H,28,30,33)/t22-/m0/s1. The van der Waals surface area contributed by atoms with E-state index in [0.29, 0.717) is 5.13 Å². The fourth-order valence-electron chi connectivity index (χ4n) is 3.92. The lowest BCUT2D eigenvalue weighted by molar-refractivity contribution is -0.118. The first-order valence-electron chi connectivity index (χ1n) is 11.1. The molecule has 2 amide bonds. The van der Waals surface area contributed by atoms with Gasteiger partial charge in [0.05, 0.1) is 5.69 Å². The second-order valence-corrected chi connectivity index (χ2v) is 9.70. The molecule has 1 aliphatic heterocycles. The smallest absolute Gasteiger partial charge is 0.257 e. The predicted molar refractivity (Wildman–Crippen MR) is 127 cm³/mol. The minimum atomic E-state index is -0.984. The van der Waals surface area contributed by atoms with Gasteiger partial charge in [0, 0.05) is 30.9 Å². The van der Waals surface area contributed by atoms with Gasteiger partial charge in [-0.05, 0) is 23.6 Å². The third-order valence-corrected chi connectivity index (χ3v) is 6.71. The topological polar surface area (TPSA) is 74.3 Å². The SMILES string of the molecule is CC(C)[C@H](NC(=O)c1c(F)cccc1F)C(=O)Nc1nc2c(s1)CN(Cc1ccccc1)CC2. The third kappa shape index (κ3) is 5.48. The van der Waals surface area contributed by atoms with Crippen molar-refractivity contribution in [3.63, 3.8) is 0 Å². The Labute approximate surface area is 201 Å². The summed E-state index contributed by atoms with van der Waals surface area (Å²) in [6.45, 7) is 5.95. The molecule has 1 aromatic heterocycles. The number of hydrogen-bond acceptors (Lipinski definition) is 5. The number of amides is 2. The molecule has 0 bridgehead atoms. The maximum atomic E-state index is 14.0. The van der Waals surface area contributed by atoms with Crippen LogP contribution in [0.4, 0.5) is 13.9 Å². The molecule has 2 aromatic carbocycles. The molecule has 0 aliphatic carbocycles. The van der Waals surface area contributed by atoms with E-state index in [0.717, 1.165) is 48.8 Å². The van der Waals surface area contributed by atoms with Crippen LogP contribution >= 0.6 is 11.3 Å². The molecule has 4 rings (SSSR count). The Morgan fingerprint density at radius 2 is 1.79 bits per heavy atom. The van der Waals surface area contributed by atoms with Crippen LogP contribution in [0.3, 0.4) is 0 Å². The van der Waals surface area contributed by atoms with Crippen molar-refractivity contribution < 1.29 is 18.4 Å². The van der Waals surface area contributed by atoms with Crippen molar-refractivity contribution in [2.45, 2.75) is 39.4 Å². The lowest BCUT2D eigenvalue weighted by atomic mass is 10.0. The van der Waals surface area contributed by atoms with Crippen molar-refractivity contribution in [3.8, 4) is 0 Å². The molecule has 3 aromatic rings. The van der Waals surface area contributed by atoms with Crippen LogP contribution < -0.4 is 10.6 Å². The van der Waals surface area contributed by atoms with Crippen LogP contribution in [0, 0.1) is 17.6 Å². The van der Waals surface area contributed by atoms with Gasteiger partial charge in [-0.15, -0.1) is 11.3 Å². The average molecular weight is 485 g/mol. The van der Waals surface area contributed by atoms with Gasteiger partial charge < -0.3 is 10.6 Å². The Bertz CT molecular complexity index is 1160. The van der Waals surface area contributed by atoms with Gasteiger partial charge in [0.2, 0.25) is 5.91 Å². The van der Waals surface area contributed by atoms with Crippen LogP contribution in [0.15, 0.2) is 48.5 Å². The van der Waals surface area contributed by atoms with E-state index in [2.05, 4.69) is 32.7 Å². The average Bonchev–Trinajstić information content (AvgIpc) is 3.19. The highest BCUT2D eigenvalue weighted by atomic mass is 32.1. The summed E-state index contributed by atoms with van der Waals surface area (Å²) in [6, 6.07) is 12.4. The zero-order valence-electron chi connectivity index (χ0n) is 19.0. The van der Waals surface area contributed by atoms with Gasteiger partial charge in [0.15, 0.2) is 5.13 Å². The maximum absolute atomic E-state index is 14.0. The van der Waals surface area contributed by atoms with E-state index in [9.17, 15) is 18.4 Å². The quantitative estimate of drug-likeness (QED) is 0.522. The van der Waals surface area contributed by atoms with Crippen molar-refractivity contribution in [3.05, 3.63) is 81.9 Å². The first kappa shape index (κ1) is 24.0. The highest BCUT2D eigenvalue weighted by molar-refractivity contribution is 7.15. The van der Waals surface area contributed by atoms with Crippen LogP contribution in [0.1, 0.15) is 40.3 Å². The number of aromatic nitrogens is 1. The molecule has 0 fully saturated rings. The molecule has 1 aliphatic rings. The molecule has 0 unspecified atom stereocenters. The highest BCUT2D eigenvalue weighted by Crippen LogP contribution is 2.29. The number of carbonyl (C=O) groups is 2. The van der Waals surface area contributed by atoms with Gasteiger partial charge in [-0.3, -0.25) is 14.5 Å². The summed E-state index contributed by atoms with van der Waals surface area (Å²) >= 11 is 1.41. The molecule has 2 N–H and O–H groups in total. The van der Waals surface area contributed by atoms with E-state index in [1.165, 1.54) is 23.0 Å². The van der Waals surface area contributed by atoms with E-state index < -0.39 is 35.1 Å². The molecule has 1 atom stereocenters. The van der Waals surface area contributed by atoms with Crippen molar-refractivity contribution in [1.29, 1.82) is 0 Å². The number of benzene rings is 2. The predicted octanol–water partition coefficient (Wildman–Crippen LogP) is 4.37. The van der Waals surface area contributed by atoms with Gasteiger partial charge in [-0.25, -0.2) is 13.8 Å². The number of thiazole rings is 1. The van der Waals surface area contributed by atoms with Gasteiger partial charge in [-0.1, -0.05) is 50.2 Å². The molecular formula is C25H26F2N4O2S. The molecule has 0 saturated heterocycles. The summed E-state index contributed by atoms with van der Waals surface area (Å²) in [5, 5.41) is 5.70. The van der Waals surface area contributed by atoms with Crippen LogP contribution in [0.5, 0.6) is 0 Å². The van der Waals surface area contributed by atoms with E-state index >= 15 is 0 Å². The number of rotatable bonds is 7. The number of carbonyl (C=O) groups excluding carboxylic acids is 2. The number of fused-ring (bicyclic) bond motifs is 1. The van der Waals surface area contributed by atoms with Crippen LogP contribution in [-0.2, 0) is 24.3 Å². The maximum Gasteiger partial charge on any atom is 0.257 e. The number of anilines is 1. The molecule has 0 radical (unpaired) electrons. The van der Waals surface area contributed by atoms with Gasteiger partial charge >= 0.3 is 0 Å². The first-order valence-corrected chi connectivity index (χ1v) is 11.9. The van der Waals surface area contributed by atoms with Gasteiger partial charge in [-0.2, -0.15) is 0 Å². The highest BCUT2D eigenvalue weighted by Gasteiger charge is 2.29. The Morgan fingerprint density at radius 3 is 2.47 bits per heavy atom. The van der Waals surface area contributed by atoms with E-state index in [-0.39, 0.29) is 5.92 Å². The zero-order chi connectivity index (χ0) is 24.2. The molecule has 6 nitrogen and oxygen atoms in total. The number of halogens is 2. The molecule has 0 spiro atoms. The molecule has 178 valence electrons. The Balaban J connectivity index is 1.42. The van der Waals surface area contributed by atoms with Gasteiger partial charge in [0.1, 0.15) is 23.2 Å². The number of nitrogens with zero attached hydrogens (tertiary/aromatic N) is 2. The summed E-state index contributed by atoms with van der Waals surface area (Å²) in [5.74, 6) is -3.72. The largest absolute Gasteiger partial charge is 0.340 e. The van der Waals surface area contributed by atoms with Crippen molar-refractivity contribution in [1.82, 2.24) is 15.2 Å². The Morgan fingerprint density at radius 1 is 1.09 bits per heavy atom. The van der Waals surface area contributed by atoms with Crippen molar-refractivity contribution in [2.75, 3.05) is 11.9 Å². The monoisotopic (exact) mass is 484 g/mol. The summed E-state index contributed by atoms with van der Waals surface area (Å²) in [4.78, 5) is 33.5. The third-order valence-electron chi connectivity index (χ3n) is 5.71. The lowest BCUT2D eigenvalue weighted by Gasteiger charge is -2.25. The summed E-state index contributed by atoms with van der Waals surface area (Å²) in [6.07, 6.45) is 0.783.